The molecule has 0 aliphatic rings. The summed E-state index contributed by atoms with van der Waals surface area (Å²) in [6, 6.07) is 4.89. The summed E-state index contributed by atoms with van der Waals surface area (Å²) in [6.07, 6.45) is 2.16. The molecule has 0 amide bonds. The van der Waals surface area contributed by atoms with Gasteiger partial charge in [-0.05, 0) is 19.1 Å². The van der Waals surface area contributed by atoms with Crippen molar-refractivity contribution in [3.63, 3.8) is 0 Å². The van der Waals surface area contributed by atoms with E-state index in [1.54, 1.807) is 32.0 Å². The summed E-state index contributed by atoms with van der Waals surface area (Å²) in [5.41, 5.74) is -0.902. The molecule has 0 spiro atoms. The number of hydrogen-bond acceptors (Lipinski definition) is 4. The van der Waals surface area contributed by atoms with Crippen molar-refractivity contribution in [2.75, 3.05) is 0 Å². The van der Waals surface area contributed by atoms with Gasteiger partial charge in [0.2, 0.25) is 0 Å². The second-order valence-corrected chi connectivity index (χ2v) is 6.01. The summed E-state index contributed by atoms with van der Waals surface area (Å²) >= 11 is 12.1. The number of aromatic nitrogens is 3. The zero-order valence-electron chi connectivity index (χ0n) is 11.7. The summed E-state index contributed by atoms with van der Waals surface area (Å²) in [5.74, 6) is -0.472. The Morgan fingerprint density at radius 1 is 1.33 bits per heavy atom. The molecule has 0 aliphatic carbocycles. The minimum absolute atomic E-state index is 0.125. The van der Waals surface area contributed by atoms with Crippen LogP contribution in [0.5, 0.6) is 0 Å². The second-order valence-electron chi connectivity index (χ2n) is 5.17. The molecule has 0 saturated carbocycles. The highest BCUT2D eigenvalue weighted by Gasteiger charge is 2.40. The first-order valence-corrected chi connectivity index (χ1v) is 7.28. The van der Waals surface area contributed by atoms with Gasteiger partial charge in [0, 0.05) is 21.5 Å². The standard InChI is InChI=1S/C14H17Cl2N3O2/c1-9(10(2)20)14(21,6-19-8-17-7-18-19)12-4-3-11(15)5-13(12)16/h3-5,7-10,20-21H,6H2,1-2H3/t9-,10?,14+/m0/s1. The molecule has 1 unspecified atom stereocenters. The molecule has 3 atom stereocenters. The maximum atomic E-state index is 11.2. The Hall–Kier alpha value is -1.14. The molecule has 114 valence electrons. The summed E-state index contributed by atoms with van der Waals surface area (Å²) in [5, 5.41) is 25.9. The van der Waals surface area contributed by atoms with Gasteiger partial charge in [0.05, 0.1) is 12.6 Å². The van der Waals surface area contributed by atoms with Gasteiger partial charge >= 0.3 is 0 Å². The number of rotatable bonds is 5. The molecular weight excluding hydrogens is 313 g/mol. The van der Waals surface area contributed by atoms with Crippen LogP contribution >= 0.6 is 23.2 Å². The second kappa shape index (κ2) is 6.32. The predicted octanol–water partition coefficient (Wildman–Crippen LogP) is 2.49. The van der Waals surface area contributed by atoms with Gasteiger partial charge < -0.3 is 10.2 Å². The van der Waals surface area contributed by atoms with Crippen LogP contribution in [0.15, 0.2) is 30.9 Å². The fourth-order valence-corrected chi connectivity index (χ4v) is 2.85. The van der Waals surface area contributed by atoms with Gasteiger partial charge in [-0.1, -0.05) is 36.2 Å². The topological polar surface area (TPSA) is 71.2 Å². The molecule has 7 heteroatoms. The van der Waals surface area contributed by atoms with Crippen molar-refractivity contribution in [1.82, 2.24) is 14.8 Å². The fraction of sp³-hybridized carbons (Fsp3) is 0.429. The molecule has 0 saturated heterocycles. The SMILES string of the molecule is CC(O)[C@H](C)[C@](O)(Cn1cncn1)c1ccc(Cl)cc1Cl. The van der Waals surface area contributed by atoms with Crippen LogP contribution in [0.2, 0.25) is 10.0 Å². The molecule has 1 heterocycles. The lowest BCUT2D eigenvalue weighted by Crippen LogP contribution is -2.43. The van der Waals surface area contributed by atoms with Gasteiger partial charge in [-0.3, -0.25) is 0 Å². The van der Waals surface area contributed by atoms with Crippen LogP contribution in [0.1, 0.15) is 19.4 Å². The van der Waals surface area contributed by atoms with E-state index < -0.39 is 17.6 Å². The van der Waals surface area contributed by atoms with Gasteiger partial charge in [0.1, 0.15) is 18.3 Å². The summed E-state index contributed by atoms with van der Waals surface area (Å²) in [4.78, 5) is 3.86. The number of aliphatic hydroxyl groups is 2. The van der Waals surface area contributed by atoms with E-state index >= 15 is 0 Å². The highest BCUT2D eigenvalue weighted by Crippen LogP contribution is 2.38. The van der Waals surface area contributed by atoms with E-state index in [4.69, 9.17) is 23.2 Å². The number of aliphatic hydroxyl groups excluding tert-OH is 1. The first-order chi connectivity index (χ1) is 9.84. The third-order valence-corrected chi connectivity index (χ3v) is 4.29. The average molecular weight is 330 g/mol. The molecule has 0 bridgehead atoms. The first kappa shape index (κ1) is 16.2. The van der Waals surface area contributed by atoms with Crippen molar-refractivity contribution < 1.29 is 10.2 Å². The van der Waals surface area contributed by atoms with E-state index in [-0.39, 0.29) is 6.54 Å². The lowest BCUT2D eigenvalue weighted by atomic mass is 9.79. The number of halogens is 2. The summed E-state index contributed by atoms with van der Waals surface area (Å²) in [7, 11) is 0. The minimum atomic E-state index is -1.40. The van der Waals surface area contributed by atoms with E-state index in [9.17, 15) is 10.2 Å². The number of benzene rings is 1. The van der Waals surface area contributed by atoms with E-state index in [0.29, 0.717) is 15.6 Å². The molecule has 1 aromatic carbocycles. The zero-order chi connectivity index (χ0) is 15.6. The van der Waals surface area contributed by atoms with Crippen LogP contribution in [0.3, 0.4) is 0 Å². The predicted molar refractivity (Wildman–Crippen MR) is 81.2 cm³/mol. The molecule has 2 aromatic rings. The minimum Gasteiger partial charge on any atom is -0.393 e. The van der Waals surface area contributed by atoms with Crippen molar-refractivity contribution in [3.8, 4) is 0 Å². The largest absolute Gasteiger partial charge is 0.393 e. The highest BCUT2D eigenvalue weighted by molar-refractivity contribution is 6.35. The van der Waals surface area contributed by atoms with Crippen molar-refractivity contribution >= 4 is 23.2 Å². The molecular formula is C14H17Cl2N3O2. The van der Waals surface area contributed by atoms with Crippen LogP contribution in [0.4, 0.5) is 0 Å². The fourth-order valence-electron chi connectivity index (χ4n) is 2.28. The quantitative estimate of drug-likeness (QED) is 0.884. The van der Waals surface area contributed by atoms with Crippen LogP contribution in [0, 0.1) is 5.92 Å². The zero-order valence-corrected chi connectivity index (χ0v) is 13.3. The Kier molecular flexibility index (Phi) is 4.88. The summed E-state index contributed by atoms with van der Waals surface area (Å²) < 4.78 is 1.50. The van der Waals surface area contributed by atoms with E-state index in [1.165, 1.54) is 17.3 Å². The van der Waals surface area contributed by atoms with Gasteiger partial charge in [-0.25, -0.2) is 9.67 Å². The van der Waals surface area contributed by atoms with E-state index in [1.807, 2.05) is 0 Å². The van der Waals surface area contributed by atoms with Crippen molar-refractivity contribution in [1.29, 1.82) is 0 Å². The van der Waals surface area contributed by atoms with Crippen LogP contribution in [-0.4, -0.2) is 31.1 Å². The van der Waals surface area contributed by atoms with E-state index in [0.717, 1.165) is 0 Å². The molecule has 0 aliphatic heterocycles. The van der Waals surface area contributed by atoms with Gasteiger partial charge in [-0.15, -0.1) is 0 Å². The van der Waals surface area contributed by atoms with Crippen LogP contribution in [-0.2, 0) is 12.1 Å². The first-order valence-electron chi connectivity index (χ1n) is 6.53. The average Bonchev–Trinajstić information content (AvgIpc) is 2.89. The summed E-state index contributed by atoms with van der Waals surface area (Å²) in [6.45, 7) is 3.51. The van der Waals surface area contributed by atoms with Gasteiger partial charge in [-0.2, -0.15) is 5.10 Å². The van der Waals surface area contributed by atoms with Gasteiger partial charge in [0.15, 0.2) is 0 Å². The Morgan fingerprint density at radius 3 is 2.57 bits per heavy atom. The van der Waals surface area contributed by atoms with Crippen molar-refractivity contribution in [2.45, 2.75) is 32.1 Å². The molecule has 5 nitrogen and oxygen atoms in total. The van der Waals surface area contributed by atoms with Crippen LogP contribution < -0.4 is 0 Å². The third kappa shape index (κ3) is 3.37. The third-order valence-electron chi connectivity index (χ3n) is 3.74. The van der Waals surface area contributed by atoms with Crippen LogP contribution in [0.25, 0.3) is 0 Å². The molecule has 21 heavy (non-hydrogen) atoms. The molecule has 1 aromatic heterocycles. The Morgan fingerprint density at radius 2 is 2.05 bits per heavy atom. The van der Waals surface area contributed by atoms with Gasteiger partial charge in [0.25, 0.3) is 0 Å². The monoisotopic (exact) mass is 329 g/mol. The lowest BCUT2D eigenvalue weighted by molar-refractivity contribution is -0.0778. The maximum absolute atomic E-state index is 11.2. The molecule has 0 fully saturated rings. The number of hydrogen-bond donors (Lipinski definition) is 2. The van der Waals surface area contributed by atoms with Crippen molar-refractivity contribution in [2.24, 2.45) is 5.92 Å². The molecule has 2 rings (SSSR count). The highest BCUT2D eigenvalue weighted by atomic mass is 35.5. The smallest absolute Gasteiger partial charge is 0.137 e. The van der Waals surface area contributed by atoms with Crippen molar-refractivity contribution in [3.05, 3.63) is 46.5 Å². The Bertz CT molecular complexity index is 604. The number of nitrogens with zero attached hydrogens (tertiary/aromatic N) is 3. The van der Waals surface area contributed by atoms with E-state index in [2.05, 4.69) is 10.1 Å². The Labute approximate surface area is 133 Å². The molecule has 2 N–H and O–H groups in total. The molecule has 0 radical (unpaired) electrons. The Balaban J connectivity index is 2.49. The maximum Gasteiger partial charge on any atom is 0.137 e. The normalized spacial score (nSPS) is 17.2. The lowest BCUT2D eigenvalue weighted by Gasteiger charge is -2.36.